The van der Waals surface area contributed by atoms with E-state index < -0.39 is 0 Å². The average molecular weight is 267 g/mol. The molecule has 18 heavy (non-hydrogen) atoms. The summed E-state index contributed by atoms with van der Waals surface area (Å²) in [5.41, 5.74) is 1.00. The minimum Gasteiger partial charge on any atom is -0.490 e. The van der Waals surface area contributed by atoms with Crippen LogP contribution in [0.5, 0.6) is 11.5 Å². The third-order valence-electron chi connectivity index (χ3n) is 2.62. The van der Waals surface area contributed by atoms with Crippen molar-refractivity contribution in [3.05, 3.63) is 22.7 Å². The van der Waals surface area contributed by atoms with E-state index in [-0.39, 0.29) is 5.92 Å². The van der Waals surface area contributed by atoms with Crippen molar-refractivity contribution in [2.45, 2.75) is 33.1 Å². The van der Waals surface area contributed by atoms with Crippen LogP contribution in [0.4, 0.5) is 0 Å². The van der Waals surface area contributed by atoms with Crippen molar-refractivity contribution in [2.75, 3.05) is 13.2 Å². The van der Waals surface area contributed by atoms with Gasteiger partial charge in [0.05, 0.1) is 13.2 Å². The highest BCUT2D eigenvalue weighted by Gasteiger charge is 2.15. The van der Waals surface area contributed by atoms with E-state index in [2.05, 4.69) is 12.8 Å². The van der Waals surface area contributed by atoms with Crippen molar-refractivity contribution >= 4 is 11.6 Å². The maximum absolute atomic E-state index is 6.26. The average Bonchev–Trinajstić information content (AvgIpc) is 2.33. The third-order valence-corrected chi connectivity index (χ3v) is 2.95. The summed E-state index contributed by atoms with van der Waals surface area (Å²) >= 11 is 6.26. The highest BCUT2D eigenvalue weighted by Crippen LogP contribution is 2.37. The summed E-state index contributed by atoms with van der Waals surface area (Å²) in [6.45, 7) is 7.09. The lowest BCUT2D eigenvalue weighted by Crippen LogP contribution is -2.01. The Morgan fingerprint density at radius 2 is 1.78 bits per heavy atom. The molecule has 0 saturated heterocycles. The van der Waals surface area contributed by atoms with Crippen molar-refractivity contribution in [3.63, 3.8) is 0 Å². The fourth-order valence-corrected chi connectivity index (χ4v) is 2.09. The van der Waals surface area contributed by atoms with Gasteiger partial charge in [0.1, 0.15) is 0 Å². The van der Waals surface area contributed by atoms with Gasteiger partial charge in [-0.15, -0.1) is 12.3 Å². The highest BCUT2D eigenvalue weighted by atomic mass is 35.5. The zero-order valence-electron chi connectivity index (χ0n) is 11.1. The second kappa shape index (κ2) is 7.18. The largest absolute Gasteiger partial charge is 0.490 e. The molecule has 0 aliphatic carbocycles. The molecule has 0 bridgehead atoms. The van der Waals surface area contributed by atoms with Gasteiger partial charge in [0.15, 0.2) is 11.5 Å². The second-order valence-corrected chi connectivity index (χ2v) is 4.40. The van der Waals surface area contributed by atoms with E-state index in [0.29, 0.717) is 30.4 Å². The van der Waals surface area contributed by atoms with Gasteiger partial charge in [-0.3, -0.25) is 0 Å². The summed E-state index contributed by atoms with van der Waals surface area (Å²) in [6, 6.07) is 3.73. The molecular formula is C15H19ClO2. The summed E-state index contributed by atoms with van der Waals surface area (Å²) < 4.78 is 11.1. The van der Waals surface area contributed by atoms with Crippen molar-refractivity contribution in [3.8, 4) is 23.8 Å². The molecule has 0 heterocycles. The van der Waals surface area contributed by atoms with Crippen LogP contribution >= 0.6 is 11.6 Å². The summed E-state index contributed by atoms with van der Waals surface area (Å²) in [5.74, 6) is 4.27. The van der Waals surface area contributed by atoms with Crippen LogP contribution in [-0.2, 0) is 0 Å². The van der Waals surface area contributed by atoms with Crippen LogP contribution in [-0.4, -0.2) is 13.2 Å². The first-order valence-electron chi connectivity index (χ1n) is 6.16. The minimum absolute atomic E-state index is 0.206. The Morgan fingerprint density at radius 3 is 2.28 bits per heavy atom. The first kappa shape index (κ1) is 14.7. The van der Waals surface area contributed by atoms with Gasteiger partial charge in [0, 0.05) is 17.5 Å². The van der Waals surface area contributed by atoms with Crippen LogP contribution in [0.25, 0.3) is 0 Å². The molecule has 0 fully saturated rings. The van der Waals surface area contributed by atoms with Gasteiger partial charge in [-0.05, 0) is 31.4 Å². The Bertz CT molecular complexity index is 435. The number of hydrogen-bond acceptors (Lipinski definition) is 2. The molecule has 98 valence electrons. The van der Waals surface area contributed by atoms with Crippen LogP contribution in [0.3, 0.4) is 0 Å². The topological polar surface area (TPSA) is 18.5 Å². The SMILES string of the molecule is C#CCC(C)c1cc(OCC)c(OCC)cc1Cl. The monoisotopic (exact) mass is 266 g/mol. The van der Waals surface area contributed by atoms with E-state index >= 15 is 0 Å². The molecule has 3 heteroatoms. The van der Waals surface area contributed by atoms with Crippen LogP contribution in [0.15, 0.2) is 12.1 Å². The number of ether oxygens (including phenoxy) is 2. The zero-order chi connectivity index (χ0) is 13.5. The Labute approximate surface area is 114 Å². The molecule has 1 unspecified atom stereocenters. The van der Waals surface area contributed by atoms with Gasteiger partial charge in [-0.2, -0.15) is 0 Å². The summed E-state index contributed by atoms with van der Waals surface area (Å²) in [4.78, 5) is 0. The summed E-state index contributed by atoms with van der Waals surface area (Å²) in [5, 5.41) is 0.671. The van der Waals surface area contributed by atoms with Crippen molar-refractivity contribution in [1.82, 2.24) is 0 Å². The van der Waals surface area contributed by atoms with E-state index in [1.165, 1.54) is 0 Å². The molecule has 0 spiro atoms. The number of benzene rings is 1. The predicted molar refractivity (Wildman–Crippen MR) is 75.7 cm³/mol. The third kappa shape index (κ3) is 3.58. The molecule has 0 N–H and O–H groups in total. The van der Waals surface area contributed by atoms with Gasteiger partial charge >= 0.3 is 0 Å². The van der Waals surface area contributed by atoms with Gasteiger partial charge < -0.3 is 9.47 Å². The van der Waals surface area contributed by atoms with Crippen molar-refractivity contribution in [2.24, 2.45) is 0 Å². The van der Waals surface area contributed by atoms with Crippen LogP contribution < -0.4 is 9.47 Å². The van der Waals surface area contributed by atoms with E-state index in [0.717, 1.165) is 11.3 Å². The normalized spacial score (nSPS) is 11.7. The molecule has 0 radical (unpaired) electrons. The smallest absolute Gasteiger partial charge is 0.162 e. The maximum atomic E-state index is 6.26. The first-order chi connectivity index (χ1) is 8.63. The van der Waals surface area contributed by atoms with Gasteiger partial charge in [-0.25, -0.2) is 0 Å². The van der Waals surface area contributed by atoms with Crippen LogP contribution in [0.1, 0.15) is 38.7 Å². The van der Waals surface area contributed by atoms with E-state index in [1.807, 2.05) is 19.9 Å². The molecule has 1 rings (SSSR count). The van der Waals surface area contributed by atoms with E-state index in [9.17, 15) is 0 Å². The van der Waals surface area contributed by atoms with Gasteiger partial charge in [0.25, 0.3) is 0 Å². The predicted octanol–water partition coefficient (Wildman–Crippen LogP) is 4.26. The lowest BCUT2D eigenvalue weighted by molar-refractivity contribution is 0.287. The van der Waals surface area contributed by atoms with Gasteiger partial charge in [0.2, 0.25) is 0 Å². The lowest BCUT2D eigenvalue weighted by Gasteiger charge is -2.16. The molecule has 1 aromatic carbocycles. The van der Waals surface area contributed by atoms with Crippen molar-refractivity contribution < 1.29 is 9.47 Å². The molecule has 0 aliphatic heterocycles. The molecule has 0 aromatic heterocycles. The molecule has 1 atom stereocenters. The van der Waals surface area contributed by atoms with Gasteiger partial charge in [-0.1, -0.05) is 18.5 Å². The number of rotatable bonds is 6. The number of hydrogen-bond donors (Lipinski definition) is 0. The minimum atomic E-state index is 0.206. The van der Waals surface area contributed by atoms with E-state index in [1.54, 1.807) is 6.07 Å². The Hall–Kier alpha value is -1.33. The Balaban J connectivity index is 3.14. The van der Waals surface area contributed by atoms with Crippen LogP contribution in [0, 0.1) is 12.3 Å². The Kier molecular flexibility index (Phi) is 5.88. The number of halogens is 1. The molecule has 1 aromatic rings. The fourth-order valence-electron chi connectivity index (χ4n) is 1.75. The molecule has 0 aliphatic rings. The fraction of sp³-hybridized carbons (Fsp3) is 0.467. The summed E-state index contributed by atoms with van der Waals surface area (Å²) in [7, 11) is 0. The highest BCUT2D eigenvalue weighted by molar-refractivity contribution is 6.31. The number of terminal acetylenes is 1. The Morgan fingerprint density at radius 1 is 1.22 bits per heavy atom. The van der Waals surface area contributed by atoms with E-state index in [4.69, 9.17) is 27.5 Å². The lowest BCUT2D eigenvalue weighted by atomic mass is 9.97. The molecule has 0 saturated carbocycles. The van der Waals surface area contributed by atoms with Crippen LogP contribution in [0.2, 0.25) is 5.02 Å². The maximum Gasteiger partial charge on any atom is 0.162 e. The summed E-state index contributed by atoms with van der Waals surface area (Å²) in [6.07, 6.45) is 5.99. The standard InChI is InChI=1S/C15H19ClO2/c1-5-8-11(4)12-9-14(17-6-2)15(18-7-3)10-13(12)16/h1,9-11H,6-8H2,2-4H3. The second-order valence-electron chi connectivity index (χ2n) is 4.00. The molecule has 2 nitrogen and oxygen atoms in total. The molecule has 0 amide bonds. The molecular weight excluding hydrogens is 248 g/mol. The zero-order valence-corrected chi connectivity index (χ0v) is 11.9. The first-order valence-corrected chi connectivity index (χ1v) is 6.54. The quantitative estimate of drug-likeness (QED) is 0.716. The van der Waals surface area contributed by atoms with Crippen molar-refractivity contribution in [1.29, 1.82) is 0 Å².